The molecule has 0 saturated carbocycles. The number of allylic oxidation sites excluding steroid dienone is 3. The molecule has 4 nitrogen and oxygen atoms in total. The predicted octanol–water partition coefficient (Wildman–Crippen LogP) is 13.6. The summed E-state index contributed by atoms with van der Waals surface area (Å²) in [5, 5.41) is 8.77. The summed E-state index contributed by atoms with van der Waals surface area (Å²) in [6, 6.07) is 0. The van der Waals surface area contributed by atoms with Crippen LogP contribution in [0.1, 0.15) is 219 Å². The van der Waals surface area contributed by atoms with E-state index in [0.29, 0.717) is 6.42 Å². The van der Waals surface area contributed by atoms with Crippen molar-refractivity contribution in [3.05, 3.63) is 24.3 Å². The van der Waals surface area contributed by atoms with E-state index in [4.69, 9.17) is 9.84 Å². The number of aliphatic carboxylic acids is 1. The molecule has 0 rings (SSSR count). The zero-order valence-corrected chi connectivity index (χ0v) is 30.2. The molecule has 264 valence electrons. The Morgan fingerprint density at radius 1 is 0.489 bits per heavy atom. The van der Waals surface area contributed by atoms with Gasteiger partial charge >= 0.3 is 11.9 Å². The van der Waals surface area contributed by atoms with Crippen molar-refractivity contribution in [1.29, 1.82) is 0 Å². The van der Waals surface area contributed by atoms with E-state index in [1.54, 1.807) is 0 Å². The molecule has 1 unspecified atom stereocenters. The van der Waals surface area contributed by atoms with E-state index < -0.39 is 5.97 Å². The molecule has 0 saturated heterocycles. The van der Waals surface area contributed by atoms with Crippen LogP contribution in [0.2, 0.25) is 0 Å². The maximum absolute atomic E-state index is 12.6. The smallest absolute Gasteiger partial charge is 0.306 e. The third kappa shape index (κ3) is 36.8. The lowest BCUT2D eigenvalue weighted by Crippen LogP contribution is -2.16. The number of carboxylic acid groups (broad SMARTS) is 1. The number of esters is 1. The fourth-order valence-corrected chi connectivity index (χ4v) is 5.91. The highest BCUT2D eigenvalue weighted by atomic mass is 16.5. The number of hydrogen-bond acceptors (Lipinski definition) is 3. The van der Waals surface area contributed by atoms with Gasteiger partial charge in [-0.15, -0.1) is 0 Å². The molecule has 1 atom stereocenters. The van der Waals surface area contributed by atoms with Gasteiger partial charge in [-0.1, -0.05) is 160 Å². The minimum atomic E-state index is -0.699. The zero-order chi connectivity index (χ0) is 32.9. The van der Waals surface area contributed by atoms with Crippen molar-refractivity contribution >= 4 is 11.9 Å². The number of carbonyl (C=O) groups excluding carboxylic acids is 1. The van der Waals surface area contributed by atoms with E-state index in [-0.39, 0.29) is 18.5 Å². The first-order valence-corrected chi connectivity index (χ1v) is 19.8. The molecule has 0 aliphatic carbocycles. The normalized spacial score (nSPS) is 12.4. The molecule has 0 fully saturated rings. The number of carbonyl (C=O) groups is 2. The SMILES string of the molecule is CCCCCCCC/C=C\C(CCCCCCCCC(=O)O)OC(=O)CCCCCCCCC/C=C\CCCCCCCCC. The van der Waals surface area contributed by atoms with Crippen LogP contribution in [0.3, 0.4) is 0 Å². The largest absolute Gasteiger partial charge is 0.481 e. The lowest BCUT2D eigenvalue weighted by atomic mass is 10.0. The second-order valence-corrected chi connectivity index (χ2v) is 13.5. The van der Waals surface area contributed by atoms with Crippen molar-refractivity contribution in [2.45, 2.75) is 225 Å². The van der Waals surface area contributed by atoms with Gasteiger partial charge in [0.15, 0.2) is 0 Å². The maximum atomic E-state index is 12.6. The molecule has 0 bridgehead atoms. The second kappa shape index (κ2) is 36.9. The van der Waals surface area contributed by atoms with Crippen LogP contribution in [-0.4, -0.2) is 23.1 Å². The lowest BCUT2D eigenvalue weighted by Gasteiger charge is -2.15. The monoisotopic (exact) mass is 633 g/mol. The second-order valence-electron chi connectivity index (χ2n) is 13.5. The van der Waals surface area contributed by atoms with E-state index in [0.717, 1.165) is 64.2 Å². The van der Waals surface area contributed by atoms with Crippen LogP contribution in [0.5, 0.6) is 0 Å². The van der Waals surface area contributed by atoms with Crippen LogP contribution >= 0.6 is 0 Å². The molecular weight excluding hydrogens is 556 g/mol. The Balaban J connectivity index is 3.97. The topological polar surface area (TPSA) is 63.6 Å². The van der Waals surface area contributed by atoms with Crippen molar-refractivity contribution in [3.63, 3.8) is 0 Å². The summed E-state index contributed by atoms with van der Waals surface area (Å²) in [6.07, 6.45) is 46.4. The third-order valence-corrected chi connectivity index (χ3v) is 8.88. The van der Waals surface area contributed by atoms with Gasteiger partial charge < -0.3 is 9.84 Å². The number of carboxylic acids is 1. The highest BCUT2D eigenvalue weighted by Crippen LogP contribution is 2.16. The van der Waals surface area contributed by atoms with Crippen LogP contribution < -0.4 is 0 Å². The summed E-state index contributed by atoms with van der Waals surface area (Å²) in [6.45, 7) is 4.53. The Bertz CT molecular complexity index is 683. The minimum Gasteiger partial charge on any atom is -0.481 e. The van der Waals surface area contributed by atoms with Crippen molar-refractivity contribution in [2.75, 3.05) is 0 Å². The minimum absolute atomic E-state index is 0.0406. The molecule has 0 aliphatic rings. The fraction of sp³-hybridized carbons (Fsp3) is 0.854. The summed E-state index contributed by atoms with van der Waals surface area (Å²) in [5.41, 5.74) is 0. The molecule has 4 heteroatoms. The third-order valence-electron chi connectivity index (χ3n) is 8.88. The average molecular weight is 633 g/mol. The van der Waals surface area contributed by atoms with Crippen molar-refractivity contribution in [1.82, 2.24) is 0 Å². The molecule has 45 heavy (non-hydrogen) atoms. The maximum Gasteiger partial charge on any atom is 0.306 e. The van der Waals surface area contributed by atoms with E-state index in [1.165, 1.54) is 128 Å². The van der Waals surface area contributed by atoms with Gasteiger partial charge in [0.2, 0.25) is 0 Å². The van der Waals surface area contributed by atoms with Crippen molar-refractivity contribution < 1.29 is 19.4 Å². The highest BCUT2D eigenvalue weighted by molar-refractivity contribution is 5.69. The quantitative estimate of drug-likeness (QED) is 0.0424. The number of rotatable bonds is 36. The van der Waals surface area contributed by atoms with Crippen molar-refractivity contribution in [3.8, 4) is 0 Å². The lowest BCUT2D eigenvalue weighted by molar-refractivity contribution is -0.147. The Morgan fingerprint density at radius 2 is 0.867 bits per heavy atom. The fourth-order valence-electron chi connectivity index (χ4n) is 5.91. The van der Waals surface area contributed by atoms with Crippen LogP contribution in [-0.2, 0) is 14.3 Å². The average Bonchev–Trinajstić information content (AvgIpc) is 3.02. The van der Waals surface area contributed by atoms with E-state index in [9.17, 15) is 9.59 Å². The molecule has 0 amide bonds. The Morgan fingerprint density at radius 3 is 1.33 bits per heavy atom. The Hall–Kier alpha value is -1.58. The van der Waals surface area contributed by atoms with Crippen LogP contribution in [0, 0.1) is 0 Å². The Kier molecular flexibility index (Phi) is 35.6. The van der Waals surface area contributed by atoms with Crippen LogP contribution in [0.4, 0.5) is 0 Å². The zero-order valence-electron chi connectivity index (χ0n) is 30.2. The van der Waals surface area contributed by atoms with Gasteiger partial charge in [0.25, 0.3) is 0 Å². The molecule has 0 aromatic rings. The standard InChI is InChI=1S/C41H76O4/c1-3-5-7-9-11-13-14-15-16-17-18-19-20-21-22-24-30-34-38-41(44)45-39(35-31-27-23-12-10-8-6-4-2)36-32-28-25-26-29-33-37-40(42)43/h16-17,31,35,39H,3-15,18-30,32-34,36-38H2,1-2H3,(H,42,43)/b17-16-,35-31-. The summed E-state index contributed by atoms with van der Waals surface area (Å²) >= 11 is 0. The van der Waals surface area contributed by atoms with Gasteiger partial charge in [-0.25, -0.2) is 0 Å². The summed E-state index contributed by atoms with van der Waals surface area (Å²) in [7, 11) is 0. The van der Waals surface area contributed by atoms with Crippen LogP contribution in [0.15, 0.2) is 24.3 Å². The summed E-state index contributed by atoms with van der Waals surface area (Å²) in [5.74, 6) is -0.739. The number of hydrogen-bond donors (Lipinski definition) is 1. The Labute approximate surface area is 280 Å². The highest BCUT2D eigenvalue weighted by Gasteiger charge is 2.11. The number of ether oxygens (including phenoxy) is 1. The predicted molar refractivity (Wildman–Crippen MR) is 195 cm³/mol. The first-order chi connectivity index (χ1) is 22.1. The van der Waals surface area contributed by atoms with Gasteiger partial charge in [-0.3, -0.25) is 9.59 Å². The molecule has 0 radical (unpaired) electrons. The van der Waals surface area contributed by atoms with Gasteiger partial charge in [-0.05, 0) is 70.3 Å². The van der Waals surface area contributed by atoms with E-state index in [1.807, 2.05) is 0 Å². The first kappa shape index (κ1) is 43.4. The van der Waals surface area contributed by atoms with Crippen LogP contribution in [0.25, 0.3) is 0 Å². The van der Waals surface area contributed by atoms with Gasteiger partial charge in [0.1, 0.15) is 6.10 Å². The molecular formula is C41H76O4. The van der Waals surface area contributed by atoms with Crippen molar-refractivity contribution in [2.24, 2.45) is 0 Å². The summed E-state index contributed by atoms with van der Waals surface area (Å²) in [4.78, 5) is 23.3. The summed E-state index contributed by atoms with van der Waals surface area (Å²) < 4.78 is 5.92. The first-order valence-electron chi connectivity index (χ1n) is 19.8. The molecule has 0 spiro atoms. The molecule has 0 aliphatic heterocycles. The number of unbranched alkanes of at least 4 members (excludes halogenated alkanes) is 25. The van der Waals surface area contributed by atoms with Gasteiger partial charge in [-0.2, -0.15) is 0 Å². The molecule has 1 N–H and O–H groups in total. The van der Waals surface area contributed by atoms with E-state index >= 15 is 0 Å². The van der Waals surface area contributed by atoms with E-state index in [2.05, 4.69) is 38.2 Å². The van der Waals surface area contributed by atoms with Gasteiger partial charge in [0.05, 0.1) is 0 Å². The molecule has 0 heterocycles. The van der Waals surface area contributed by atoms with Gasteiger partial charge in [0, 0.05) is 12.8 Å². The molecule has 0 aromatic heterocycles. The molecule has 0 aromatic carbocycles.